The van der Waals surface area contributed by atoms with Crippen LogP contribution in [0.25, 0.3) is 0 Å². The zero-order chi connectivity index (χ0) is 13.5. The van der Waals surface area contributed by atoms with Crippen LogP contribution in [0.15, 0.2) is 18.3 Å². The molecular formula is C16H27N3. The molecule has 1 N–H and O–H groups in total. The fraction of sp³-hybridized carbons (Fsp3) is 0.688. The second-order valence-corrected chi connectivity index (χ2v) is 5.62. The normalized spacial score (nSPS) is 21.1. The summed E-state index contributed by atoms with van der Waals surface area (Å²) < 4.78 is 0. The van der Waals surface area contributed by atoms with Gasteiger partial charge in [0.1, 0.15) is 5.82 Å². The van der Waals surface area contributed by atoms with E-state index in [9.17, 15) is 0 Å². The second kappa shape index (κ2) is 7.49. The van der Waals surface area contributed by atoms with Crippen LogP contribution in [0.3, 0.4) is 0 Å². The van der Waals surface area contributed by atoms with E-state index in [2.05, 4.69) is 28.2 Å². The Kier molecular flexibility index (Phi) is 5.64. The predicted octanol–water partition coefficient (Wildman–Crippen LogP) is 3.53. The third-order valence-electron chi connectivity index (χ3n) is 4.16. The fourth-order valence-corrected chi connectivity index (χ4v) is 3.11. The molecule has 3 heteroatoms. The Hall–Kier alpha value is -1.09. The highest BCUT2D eigenvalue weighted by molar-refractivity contribution is 5.42. The summed E-state index contributed by atoms with van der Waals surface area (Å²) in [5.41, 5.74) is 1.32. The van der Waals surface area contributed by atoms with E-state index in [0.29, 0.717) is 0 Å². The number of nitrogens with one attached hydrogen (secondary N) is 1. The molecule has 1 aliphatic heterocycles. The molecular weight excluding hydrogens is 234 g/mol. The van der Waals surface area contributed by atoms with Crippen molar-refractivity contribution in [1.29, 1.82) is 0 Å². The number of aromatic nitrogens is 1. The van der Waals surface area contributed by atoms with E-state index in [1.54, 1.807) is 0 Å². The van der Waals surface area contributed by atoms with Crippen LogP contribution < -0.4 is 5.32 Å². The first-order valence-corrected chi connectivity index (χ1v) is 7.67. The van der Waals surface area contributed by atoms with Crippen molar-refractivity contribution in [2.75, 3.05) is 25.5 Å². The van der Waals surface area contributed by atoms with E-state index in [0.717, 1.165) is 18.3 Å². The van der Waals surface area contributed by atoms with E-state index in [1.807, 2.05) is 19.3 Å². The van der Waals surface area contributed by atoms with E-state index in [4.69, 9.17) is 0 Å². The smallest absolute Gasteiger partial charge is 0.130 e. The summed E-state index contributed by atoms with van der Waals surface area (Å²) in [7, 11) is 1.95. The Labute approximate surface area is 117 Å². The van der Waals surface area contributed by atoms with Gasteiger partial charge in [-0.05, 0) is 44.3 Å². The van der Waals surface area contributed by atoms with Crippen LogP contribution in [0.1, 0.15) is 44.6 Å². The lowest BCUT2D eigenvalue weighted by atomic mass is 9.96. The number of anilines is 1. The number of hydrogen-bond acceptors (Lipinski definition) is 3. The molecule has 1 atom stereocenters. The molecule has 0 spiro atoms. The van der Waals surface area contributed by atoms with Crippen LogP contribution in [0.2, 0.25) is 0 Å². The van der Waals surface area contributed by atoms with Crippen molar-refractivity contribution in [1.82, 2.24) is 9.88 Å². The standard InChI is InChI=1S/C16H27N3/c1-3-6-14-7-5-11-19(12-9-14)13-15-8-4-10-18-16(15)17-2/h4,8,10,14H,3,5-7,9,11-13H2,1-2H3,(H,17,18). The van der Waals surface area contributed by atoms with Crippen LogP contribution in [-0.2, 0) is 6.54 Å². The largest absolute Gasteiger partial charge is 0.373 e. The van der Waals surface area contributed by atoms with Gasteiger partial charge in [0.2, 0.25) is 0 Å². The van der Waals surface area contributed by atoms with Gasteiger partial charge < -0.3 is 5.32 Å². The monoisotopic (exact) mass is 261 g/mol. The third kappa shape index (κ3) is 4.20. The molecule has 1 aromatic heterocycles. The summed E-state index contributed by atoms with van der Waals surface area (Å²) in [6.45, 7) is 5.81. The summed E-state index contributed by atoms with van der Waals surface area (Å²) in [5, 5.41) is 3.19. The molecule has 0 amide bonds. The van der Waals surface area contributed by atoms with Crippen LogP contribution in [-0.4, -0.2) is 30.0 Å². The third-order valence-corrected chi connectivity index (χ3v) is 4.16. The van der Waals surface area contributed by atoms with Gasteiger partial charge in [0.15, 0.2) is 0 Å². The van der Waals surface area contributed by atoms with Crippen molar-refractivity contribution in [3.8, 4) is 0 Å². The minimum Gasteiger partial charge on any atom is -0.373 e. The van der Waals surface area contributed by atoms with Crippen molar-refractivity contribution < 1.29 is 0 Å². The quantitative estimate of drug-likeness (QED) is 0.879. The second-order valence-electron chi connectivity index (χ2n) is 5.62. The highest BCUT2D eigenvalue weighted by atomic mass is 15.1. The Morgan fingerprint density at radius 2 is 2.26 bits per heavy atom. The predicted molar refractivity (Wildman–Crippen MR) is 81.3 cm³/mol. The average molecular weight is 261 g/mol. The summed E-state index contributed by atoms with van der Waals surface area (Å²) >= 11 is 0. The molecule has 0 aromatic carbocycles. The summed E-state index contributed by atoms with van der Waals surface area (Å²) in [6, 6.07) is 4.22. The highest BCUT2D eigenvalue weighted by Gasteiger charge is 2.17. The van der Waals surface area contributed by atoms with E-state index in [1.165, 1.54) is 50.8 Å². The van der Waals surface area contributed by atoms with E-state index in [-0.39, 0.29) is 0 Å². The molecule has 0 aliphatic carbocycles. The molecule has 3 nitrogen and oxygen atoms in total. The van der Waals surface area contributed by atoms with Crippen LogP contribution in [0.4, 0.5) is 5.82 Å². The molecule has 0 saturated carbocycles. The first kappa shape index (κ1) is 14.3. The van der Waals surface area contributed by atoms with Gasteiger partial charge in [-0.25, -0.2) is 4.98 Å². The molecule has 1 unspecified atom stereocenters. The van der Waals surface area contributed by atoms with E-state index < -0.39 is 0 Å². The lowest BCUT2D eigenvalue weighted by Crippen LogP contribution is -2.25. The number of hydrogen-bond donors (Lipinski definition) is 1. The first-order chi connectivity index (χ1) is 9.33. The van der Waals surface area contributed by atoms with Gasteiger partial charge in [0.25, 0.3) is 0 Å². The number of likely N-dealkylation sites (tertiary alicyclic amines) is 1. The molecule has 0 radical (unpaired) electrons. The number of rotatable bonds is 5. The molecule has 1 saturated heterocycles. The van der Waals surface area contributed by atoms with Crippen LogP contribution in [0, 0.1) is 5.92 Å². The topological polar surface area (TPSA) is 28.2 Å². The van der Waals surface area contributed by atoms with Crippen molar-refractivity contribution in [2.24, 2.45) is 5.92 Å². The maximum Gasteiger partial charge on any atom is 0.130 e. The number of nitrogens with zero attached hydrogens (tertiary/aromatic N) is 2. The fourth-order valence-electron chi connectivity index (χ4n) is 3.11. The Morgan fingerprint density at radius 1 is 1.37 bits per heavy atom. The molecule has 1 aliphatic rings. The van der Waals surface area contributed by atoms with Gasteiger partial charge in [-0.15, -0.1) is 0 Å². The highest BCUT2D eigenvalue weighted by Crippen LogP contribution is 2.23. The SMILES string of the molecule is CCCC1CCCN(Cc2cccnc2NC)CC1. The average Bonchev–Trinajstić information content (AvgIpc) is 2.66. The Morgan fingerprint density at radius 3 is 3.05 bits per heavy atom. The van der Waals surface area contributed by atoms with Crippen molar-refractivity contribution in [3.05, 3.63) is 23.9 Å². The van der Waals surface area contributed by atoms with Gasteiger partial charge in [-0.1, -0.05) is 25.8 Å². The molecule has 0 bridgehead atoms. The zero-order valence-electron chi connectivity index (χ0n) is 12.4. The number of pyridine rings is 1. The molecule has 2 rings (SSSR count). The summed E-state index contributed by atoms with van der Waals surface area (Å²) in [4.78, 5) is 6.98. The molecule has 19 heavy (non-hydrogen) atoms. The lowest BCUT2D eigenvalue weighted by molar-refractivity contribution is 0.271. The summed E-state index contributed by atoms with van der Waals surface area (Å²) in [5.74, 6) is 1.98. The van der Waals surface area contributed by atoms with Gasteiger partial charge in [0, 0.05) is 25.4 Å². The molecule has 106 valence electrons. The van der Waals surface area contributed by atoms with Crippen molar-refractivity contribution in [2.45, 2.75) is 45.6 Å². The molecule has 1 aromatic rings. The Bertz CT molecular complexity index is 378. The molecule has 2 heterocycles. The summed E-state index contributed by atoms with van der Waals surface area (Å²) in [6.07, 6.45) is 8.72. The van der Waals surface area contributed by atoms with Crippen LogP contribution in [0.5, 0.6) is 0 Å². The van der Waals surface area contributed by atoms with Gasteiger partial charge in [-0.2, -0.15) is 0 Å². The van der Waals surface area contributed by atoms with Gasteiger partial charge >= 0.3 is 0 Å². The minimum absolute atomic E-state index is 0.952. The van der Waals surface area contributed by atoms with Crippen molar-refractivity contribution >= 4 is 5.82 Å². The maximum absolute atomic E-state index is 4.39. The van der Waals surface area contributed by atoms with Gasteiger partial charge in [0.05, 0.1) is 0 Å². The molecule has 1 fully saturated rings. The zero-order valence-corrected chi connectivity index (χ0v) is 12.4. The van der Waals surface area contributed by atoms with Crippen LogP contribution >= 0.6 is 0 Å². The maximum atomic E-state index is 4.39. The van der Waals surface area contributed by atoms with Gasteiger partial charge in [-0.3, -0.25) is 4.90 Å². The first-order valence-electron chi connectivity index (χ1n) is 7.67. The lowest BCUT2D eigenvalue weighted by Gasteiger charge is -2.21. The Balaban J connectivity index is 1.92. The van der Waals surface area contributed by atoms with Crippen molar-refractivity contribution in [3.63, 3.8) is 0 Å². The minimum atomic E-state index is 0.952. The van der Waals surface area contributed by atoms with E-state index >= 15 is 0 Å².